The van der Waals surface area contributed by atoms with Gasteiger partial charge in [-0.1, -0.05) is 51.8 Å². The molecule has 3 fully saturated rings. The van der Waals surface area contributed by atoms with Crippen molar-refractivity contribution >= 4 is 40.1 Å². The number of unbranched alkanes of at least 4 members (excludes halogenated alkanes) is 3. The molecule has 9 rings (SSSR count). The van der Waals surface area contributed by atoms with Gasteiger partial charge in [0.05, 0.1) is 17.2 Å². The molecule has 3 amide bonds. The van der Waals surface area contributed by atoms with Crippen LogP contribution in [0.15, 0.2) is 48.5 Å². The van der Waals surface area contributed by atoms with E-state index in [2.05, 4.69) is 70.0 Å². The van der Waals surface area contributed by atoms with Gasteiger partial charge < -0.3 is 19.7 Å². The first-order chi connectivity index (χ1) is 29.0. The molecule has 0 bridgehead atoms. The number of nitrogens with zero attached hydrogens (tertiary/aromatic N) is 5. The Morgan fingerprint density at radius 2 is 1.63 bits per heavy atom. The summed E-state index contributed by atoms with van der Waals surface area (Å²) in [7, 11) is 0. The van der Waals surface area contributed by atoms with Gasteiger partial charge in [-0.05, 0) is 104 Å². The zero-order valence-electron chi connectivity index (χ0n) is 35.4. The molecule has 5 heterocycles. The molecule has 4 aromatic rings. The Balaban J connectivity index is 0.733. The van der Waals surface area contributed by atoms with Crippen molar-refractivity contribution in [2.45, 2.75) is 109 Å². The van der Waals surface area contributed by atoms with Crippen molar-refractivity contribution in [1.82, 2.24) is 25.0 Å². The smallest absolute Gasteiger partial charge is 0.255 e. The van der Waals surface area contributed by atoms with E-state index in [1.165, 1.54) is 29.7 Å². The number of nitriles is 1. The minimum atomic E-state index is -0.576. The van der Waals surface area contributed by atoms with Gasteiger partial charge in [-0.3, -0.25) is 29.4 Å². The minimum Gasteiger partial charge on any atom is -0.371 e. The molecule has 1 aliphatic carbocycles. The Labute approximate surface area is 353 Å². The fraction of sp³-hybridized carbons (Fsp3) is 0.490. The monoisotopic (exact) mass is 807 g/mol. The Bertz CT molecular complexity index is 2410. The summed E-state index contributed by atoms with van der Waals surface area (Å²) in [5.41, 5.74) is 10.1. The first-order valence-electron chi connectivity index (χ1n) is 22.3. The largest absolute Gasteiger partial charge is 0.371 e. The molecular formula is C49H57N7O4. The van der Waals surface area contributed by atoms with Crippen LogP contribution in [0.1, 0.15) is 132 Å². The summed E-state index contributed by atoms with van der Waals surface area (Å²) in [4.78, 5) is 64.6. The number of carbonyl (C=O) groups is 4. The van der Waals surface area contributed by atoms with Gasteiger partial charge in [-0.15, -0.1) is 0 Å². The molecule has 3 saturated heterocycles. The number of rotatable bonds is 11. The lowest BCUT2D eigenvalue weighted by Gasteiger charge is -2.44. The average Bonchev–Trinajstić information content (AvgIpc) is 3.82. The predicted molar refractivity (Wildman–Crippen MR) is 232 cm³/mol. The fourth-order valence-corrected chi connectivity index (χ4v) is 10.9. The third-order valence-electron chi connectivity index (χ3n) is 14.4. The number of fused-ring (bicyclic) bond motifs is 5. The molecule has 1 atom stereocenters. The van der Waals surface area contributed by atoms with Crippen LogP contribution in [-0.4, -0.2) is 101 Å². The van der Waals surface area contributed by atoms with E-state index < -0.39 is 6.04 Å². The van der Waals surface area contributed by atoms with Gasteiger partial charge in [-0.25, -0.2) is 0 Å². The number of anilines is 1. The van der Waals surface area contributed by atoms with Crippen LogP contribution >= 0.6 is 0 Å². The highest BCUT2D eigenvalue weighted by molar-refractivity contribution is 6.20. The van der Waals surface area contributed by atoms with E-state index in [9.17, 15) is 24.4 Å². The number of benzene rings is 3. The highest BCUT2D eigenvalue weighted by Gasteiger charge is 2.42. The molecule has 60 heavy (non-hydrogen) atoms. The summed E-state index contributed by atoms with van der Waals surface area (Å²) in [6.45, 7) is 14.7. The summed E-state index contributed by atoms with van der Waals surface area (Å²) >= 11 is 0. The molecule has 11 nitrogen and oxygen atoms in total. The van der Waals surface area contributed by atoms with Crippen molar-refractivity contribution in [1.29, 1.82) is 5.26 Å². The molecular weight excluding hydrogens is 751 g/mol. The normalized spacial score (nSPS) is 20.9. The van der Waals surface area contributed by atoms with Gasteiger partial charge in [0, 0.05) is 97.1 Å². The van der Waals surface area contributed by atoms with Crippen molar-refractivity contribution in [3.05, 3.63) is 98.7 Å². The lowest BCUT2D eigenvalue weighted by atomic mass is 9.70. The van der Waals surface area contributed by atoms with E-state index in [-0.39, 0.29) is 35.3 Å². The average molecular weight is 808 g/mol. The Morgan fingerprint density at radius 1 is 0.850 bits per heavy atom. The topological polar surface area (TPSA) is 133 Å². The number of piperazine rings is 1. The number of aromatic amines is 1. The zero-order valence-corrected chi connectivity index (χ0v) is 35.4. The third kappa shape index (κ3) is 7.21. The number of carbonyl (C=O) groups excluding carboxylic acids is 4. The lowest BCUT2D eigenvalue weighted by molar-refractivity contribution is -0.136. The highest BCUT2D eigenvalue weighted by atomic mass is 16.2. The third-order valence-corrected chi connectivity index (χ3v) is 14.4. The lowest BCUT2D eigenvalue weighted by Crippen LogP contribution is -2.53. The van der Waals surface area contributed by atoms with Gasteiger partial charge in [-0.2, -0.15) is 5.26 Å². The van der Waals surface area contributed by atoms with Crippen LogP contribution in [0, 0.1) is 11.3 Å². The second-order valence-electron chi connectivity index (χ2n) is 18.2. The van der Waals surface area contributed by atoms with Crippen LogP contribution < -0.4 is 10.2 Å². The summed E-state index contributed by atoms with van der Waals surface area (Å²) in [5.74, 6) is -0.655. The molecule has 5 aliphatic rings. The number of ketones is 1. The number of nitrogens with one attached hydrogen (secondary N) is 2. The van der Waals surface area contributed by atoms with Crippen molar-refractivity contribution in [3.63, 3.8) is 0 Å². The Morgan fingerprint density at radius 3 is 2.38 bits per heavy atom. The Kier molecular flexibility index (Phi) is 10.9. The number of aromatic nitrogens is 1. The molecule has 4 aliphatic heterocycles. The predicted octanol–water partition coefficient (Wildman–Crippen LogP) is 6.62. The van der Waals surface area contributed by atoms with Crippen LogP contribution in [0.25, 0.3) is 10.9 Å². The molecule has 312 valence electrons. The molecule has 2 N–H and O–H groups in total. The highest BCUT2D eigenvalue weighted by Crippen LogP contribution is 2.46. The van der Waals surface area contributed by atoms with Crippen LogP contribution in [0.5, 0.6) is 0 Å². The van der Waals surface area contributed by atoms with E-state index in [0.29, 0.717) is 30.1 Å². The van der Waals surface area contributed by atoms with Gasteiger partial charge in [0.15, 0.2) is 5.78 Å². The minimum absolute atomic E-state index is 0.0719. The quantitative estimate of drug-likeness (QED) is 0.128. The Hall–Kier alpha value is -5.31. The van der Waals surface area contributed by atoms with Crippen LogP contribution in [0.3, 0.4) is 0 Å². The van der Waals surface area contributed by atoms with Crippen LogP contribution in [-0.2, 0) is 34.4 Å². The van der Waals surface area contributed by atoms with E-state index >= 15 is 0 Å². The summed E-state index contributed by atoms with van der Waals surface area (Å²) < 4.78 is 0. The molecule has 3 aromatic carbocycles. The molecule has 0 spiro atoms. The van der Waals surface area contributed by atoms with Crippen molar-refractivity contribution in [2.24, 2.45) is 0 Å². The van der Waals surface area contributed by atoms with Gasteiger partial charge in [0.25, 0.3) is 5.91 Å². The molecule has 1 aromatic heterocycles. The zero-order chi connectivity index (χ0) is 41.7. The second kappa shape index (κ2) is 16.3. The number of aryl methyl sites for hydroxylation is 2. The molecule has 0 radical (unpaired) electrons. The number of amides is 3. The number of imide groups is 1. The van der Waals surface area contributed by atoms with E-state index in [1.54, 1.807) is 11.0 Å². The maximum absolute atomic E-state index is 14.1. The SMILES string of the molecule is CCc1cc2c(cc1N1CCC(N3CCN(CCCCCCc4cccc5c4CN(C4CCC(=O)NC4=O)C5=O)CC3)CC1)C(C)(C)c1[nH]c3cc(C#N)ccc3c1C2=O. The van der Waals surface area contributed by atoms with Gasteiger partial charge >= 0.3 is 0 Å². The first kappa shape index (κ1) is 40.1. The number of hydrogen-bond donors (Lipinski definition) is 2. The van der Waals surface area contributed by atoms with E-state index in [4.69, 9.17) is 0 Å². The first-order valence-corrected chi connectivity index (χ1v) is 22.3. The molecule has 1 unspecified atom stereocenters. The van der Waals surface area contributed by atoms with Crippen molar-refractivity contribution < 1.29 is 19.2 Å². The standard InChI is InChI=1S/C49H57N7O4/c1-4-32-27-37-39(49(2,3)46-44(45(37)58)36-14-13-31(29-50)26-40(36)51-46)28-42(32)55-20-17-34(18-21-55)54-24-22-53(23-25-54)19-8-6-5-7-10-33-11-9-12-35-38(33)30-56(48(35)60)41-15-16-43(57)52-47(41)59/h9,11-14,26-28,34,41,51H,4-8,10,15-25,30H2,1-3H3,(H,52,57,59). The number of hydrogen-bond acceptors (Lipinski definition) is 8. The van der Waals surface area contributed by atoms with Crippen LogP contribution in [0.4, 0.5) is 5.69 Å². The maximum atomic E-state index is 14.1. The van der Waals surface area contributed by atoms with E-state index in [1.807, 2.05) is 24.3 Å². The number of piperidine rings is 2. The van der Waals surface area contributed by atoms with E-state index in [0.717, 1.165) is 123 Å². The van der Waals surface area contributed by atoms with Crippen molar-refractivity contribution in [2.75, 3.05) is 50.7 Å². The second-order valence-corrected chi connectivity index (χ2v) is 18.2. The molecule has 0 saturated carbocycles. The molecule has 11 heteroatoms. The van der Waals surface area contributed by atoms with Gasteiger partial charge in [0.1, 0.15) is 6.04 Å². The van der Waals surface area contributed by atoms with Crippen molar-refractivity contribution in [3.8, 4) is 6.07 Å². The maximum Gasteiger partial charge on any atom is 0.255 e. The summed E-state index contributed by atoms with van der Waals surface area (Å²) in [5, 5.41) is 12.8. The fourth-order valence-electron chi connectivity index (χ4n) is 10.9. The summed E-state index contributed by atoms with van der Waals surface area (Å²) in [6.07, 6.45) is 9.35. The van der Waals surface area contributed by atoms with Gasteiger partial charge in [0.2, 0.25) is 11.8 Å². The van der Waals surface area contributed by atoms with Crippen LogP contribution in [0.2, 0.25) is 0 Å². The number of H-pyrrole nitrogens is 1. The summed E-state index contributed by atoms with van der Waals surface area (Å²) in [6, 6.07) is 18.3.